The zero-order valence-electron chi connectivity index (χ0n) is 15.1. The predicted octanol–water partition coefficient (Wildman–Crippen LogP) is 4.44. The number of para-hydroxylation sites is 1. The molecule has 5 heteroatoms. The smallest absolute Gasteiger partial charge is 0.262 e. The molecule has 138 valence electrons. The molecule has 3 aromatic rings. The van der Waals surface area contributed by atoms with E-state index in [0.717, 1.165) is 31.2 Å². The zero-order valence-corrected chi connectivity index (χ0v) is 16.0. The average molecular weight is 378 g/mol. The van der Waals surface area contributed by atoms with Crippen LogP contribution in [0.4, 0.5) is 0 Å². The summed E-state index contributed by atoms with van der Waals surface area (Å²) in [6.07, 6.45) is 4.62. The van der Waals surface area contributed by atoms with E-state index in [-0.39, 0.29) is 16.6 Å². The maximum Gasteiger partial charge on any atom is 0.262 e. The Bertz CT molecular complexity index is 1010. The van der Waals surface area contributed by atoms with Gasteiger partial charge >= 0.3 is 0 Å². The fourth-order valence-electron chi connectivity index (χ4n) is 3.52. The first-order valence-electron chi connectivity index (χ1n) is 9.45. The number of carbonyl (C=O) groups is 1. The van der Waals surface area contributed by atoms with Gasteiger partial charge in [0, 0.05) is 6.42 Å². The van der Waals surface area contributed by atoms with Crippen molar-refractivity contribution >= 4 is 28.4 Å². The van der Waals surface area contributed by atoms with Crippen molar-refractivity contribution in [3.63, 3.8) is 0 Å². The number of nitrogens with zero attached hydrogens (tertiary/aromatic N) is 2. The topological polar surface area (TPSA) is 52.0 Å². The first-order valence-corrected chi connectivity index (χ1v) is 10.3. The standard InChI is InChI=1S/C22H22N2O2S/c25-19-13-5-2-6-14-20(19)27-22-23-18-12-8-7-11-17(18)21(26)24(22)15-16-9-3-1-4-10-16/h1,3-4,7-12,20H,2,5-6,13-15H2. The molecular weight excluding hydrogens is 356 g/mol. The molecule has 0 aliphatic heterocycles. The molecule has 1 aromatic heterocycles. The first kappa shape index (κ1) is 18.0. The van der Waals surface area contributed by atoms with Crippen LogP contribution in [-0.4, -0.2) is 20.6 Å². The highest BCUT2D eigenvalue weighted by Gasteiger charge is 2.24. The summed E-state index contributed by atoms with van der Waals surface area (Å²) in [6, 6.07) is 17.3. The molecule has 1 aliphatic carbocycles. The Morgan fingerprint density at radius 2 is 1.74 bits per heavy atom. The molecule has 0 spiro atoms. The summed E-state index contributed by atoms with van der Waals surface area (Å²) in [6.45, 7) is 0.459. The number of hydrogen-bond donors (Lipinski definition) is 0. The van der Waals surface area contributed by atoms with Crippen molar-refractivity contribution in [2.45, 2.75) is 49.1 Å². The molecule has 1 unspecified atom stereocenters. The van der Waals surface area contributed by atoms with Gasteiger partial charge in [-0.05, 0) is 30.5 Å². The third-order valence-corrected chi connectivity index (χ3v) is 6.31. The van der Waals surface area contributed by atoms with Crippen LogP contribution < -0.4 is 5.56 Å². The molecule has 1 saturated carbocycles. The normalized spacial score (nSPS) is 17.8. The maximum absolute atomic E-state index is 13.2. The van der Waals surface area contributed by atoms with E-state index in [1.54, 1.807) is 4.57 Å². The third-order valence-electron chi connectivity index (χ3n) is 5.01. The SMILES string of the molecule is O=C1CCCCCC1Sc1nc2ccccc2c(=O)n1Cc1ccccc1. The molecule has 1 heterocycles. The minimum absolute atomic E-state index is 0.0481. The minimum Gasteiger partial charge on any atom is -0.298 e. The van der Waals surface area contributed by atoms with Crippen LogP contribution in [0, 0.1) is 0 Å². The number of hydrogen-bond acceptors (Lipinski definition) is 4. The van der Waals surface area contributed by atoms with Crippen LogP contribution in [0.5, 0.6) is 0 Å². The van der Waals surface area contributed by atoms with Crippen LogP contribution in [0.15, 0.2) is 64.5 Å². The van der Waals surface area contributed by atoms with Gasteiger partial charge in [0.2, 0.25) is 0 Å². The highest BCUT2D eigenvalue weighted by molar-refractivity contribution is 8.00. The Morgan fingerprint density at radius 3 is 2.59 bits per heavy atom. The molecule has 1 fully saturated rings. The average Bonchev–Trinajstić information content (AvgIpc) is 2.90. The molecule has 4 nitrogen and oxygen atoms in total. The van der Waals surface area contributed by atoms with E-state index in [0.29, 0.717) is 29.0 Å². The van der Waals surface area contributed by atoms with Gasteiger partial charge in [0.1, 0.15) is 5.78 Å². The van der Waals surface area contributed by atoms with Crippen LogP contribution >= 0.6 is 11.8 Å². The van der Waals surface area contributed by atoms with E-state index in [1.165, 1.54) is 11.8 Å². The molecule has 2 aromatic carbocycles. The fourth-order valence-corrected chi connectivity index (χ4v) is 4.74. The van der Waals surface area contributed by atoms with Crippen molar-refractivity contribution in [2.75, 3.05) is 0 Å². The molecule has 0 N–H and O–H groups in total. The fraction of sp³-hybridized carbons (Fsp3) is 0.318. The quantitative estimate of drug-likeness (QED) is 0.497. The van der Waals surface area contributed by atoms with Crippen LogP contribution in [0.25, 0.3) is 10.9 Å². The largest absolute Gasteiger partial charge is 0.298 e. The van der Waals surface area contributed by atoms with Gasteiger partial charge in [-0.2, -0.15) is 0 Å². The number of aromatic nitrogens is 2. The molecule has 0 amide bonds. The monoisotopic (exact) mass is 378 g/mol. The number of carbonyl (C=O) groups excluding carboxylic acids is 1. The van der Waals surface area contributed by atoms with Gasteiger partial charge < -0.3 is 0 Å². The Morgan fingerprint density at radius 1 is 0.963 bits per heavy atom. The second-order valence-corrected chi connectivity index (χ2v) is 8.13. The van der Waals surface area contributed by atoms with Gasteiger partial charge in [-0.15, -0.1) is 0 Å². The zero-order chi connectivity index (χ0) is 18.6. The van der Waals surface area contributed by atoms with Crippen molar-refractivity contribution in [1.82, 2.24) is 9.55 Å². The minimum atomic E-state index is -0.109. The summed E-state index contributed by atoms with van der Waals surface area (Å²) in [5, 5.41) is 1.15. The van der Waals surface area contributed by atoms with E-state index >= 15 is 0 Å². The van der Waals surface area contributed by atoms with Gasteiger partial charge in [0.05, 0.1) is 22.7 Å². The van der Waals surface area contributed by atoms with Crippen molar-refractivity contribution in [3.8, 4) is 0 Å². The Labute approximate surface area is 162 Å². The molecule has 1 aliphatic rings. The van der Waals surface area contributed by atoms with E-state index in [2.05, 4.69) is 0 Å². The molecule has 1 atom stereocenters. The summed E-state index contributed by atoms with van der Waals surface area (Å²) in [5.74, 6) is 0.283. The van der Waals surface area contributed by atoms with Gasteiger partial charge in [0.25, 0.3) is 5.56 Å². The highest BCUT2D eigenvalue weighted by Crippen LogP contribution is 2.30. The number of fused-ring (bicyclic) bond motifs is 1. The van der Waals surface area contributed by atoms with E-state index in [9.17, 15) is 9.59 Å². The van der Waals surface area contributed by atoms with Gasteiger partial charge in [-0.1, -0.05) is 67.1 Å². The van der Waals surface area contributed by atoms with Crippen LogP contribution in [0.1, 0.15) is 37.7 Å². The van der Waals surface area contributed by atoms with Crippen LogP contribution in [-0.2, 0) is 11.3 Å². The van der Waals surface area contributed by atoms with Gasteiger partial charge in [-0.25, -0.2) is 4.98 Å². The summed E-state index contributed by atoms with van der Waals surface area (Å²) >= 11 is 1.46. The number of ketones is 1. The second kappa shape index (κ2) is 8.09. The number of benzene rings is 2. The number of thioether (sulfide) groups is 1. The molecular formula is C22H22N2O2S. The predicted molar refractivity (Wildman–Crippen MR) is 109 cm³/mol. The van der Waals surface area contributed by atoms with Crippen LogP contribution in [0.3, 0.4) is 0 Å². The summed E-state index contributed by atoms with van der Waals surface area (Å²) in [4.78, 5) is 30.4. The number of Topliss-reactive ketones (excluding diaryl/α,β-unsaturated/α-hetero) is 1. The van der Waals surface area contributed by atoms with Crippen molar-refractivity contribution in [1.29, 1.82) is 0 Å². The van der Waals surface area contributed by atoms with Crippen molar-refractivity contribution in [3.05, 3.63) is 70.5 Å². The number of rotatable bonds is 4. The highest BCUT2D eigenvalue weighted by atomic mass is 32.2. The Hall–Kier alpha value is -2.40. The first-order chi connectivity index (χ1) is 13.2. The summed E-state index contributed by atoms with van der Waals surface area (Å²) < 4.78 is 1.72. The molecule has 27 heavy (non-hydrogen) atoms. The van der Waals surface area contributed by atoms with Crippen molar-refractivity contribution < 1.29 is 4.79 Å². The Balaban J connectivity index is 1.78. The van der Waals surface area contributed by atoms with E-state index in [1.807, 2.05) is 54.6 Å². The van der Waals surface area contributed by atoms with Crippen molar-refractivity contribution in [2.24, 2.45) is 0 Å². The maximum atomic E-state index is 13.2. The molecule has 0 saturated heterocycles. The summed E-state index contributed by atoms with van der Waals surface area (Å²) in [7, 11) is 0. The lowest BCUT2D eigenvalue weighted by Gasteiger charge is -2.17. The second-order valence-electron chi connectivity index (χ2n) is 6.96. The van der Waals surface area contributed by atoms with Crippen LogP contribution in [0.2, 0.25) is 0 Å². The lowest BCUT2D eigenvalue weighted by molar-refractivity contribution is -0.118. The lowest BCUT2D eigenvalue weighted by Crippen LogP contribution is -2.26. The molecule has 4 rings (SSSR count). The van der Waals surface area contributed by atoms with Gasteiger partial charge in [0.15, 0.2) is 5.16 Å². The van der Waals surface area contributed by atoms with Gasteiger partial charge in [-0.3, -0.25) is 14.2 Å². The molecule has 0 radical (unpaired) electrons. The van der Waals surface area contributed by atoms with E-state index in [4.69, 9.17) is 4.98 Å². The van der Waals surface area contributed by atoms with E-state index < -0.39 is 0 Å². The lowest BCUT2D eigenvalue weighted by atomic mass is 10.2. The summed E-state index contributed by atoms with van der Waals surface area (Å²) in [5.41, 5.74) is 1.69. The Kier molecular flexibility index (Phi) is 5.39. The molecule has 0 bridgehead atoms. The third kappa shape index (κ3) is 3.98.